The van der Waals surface area contributed by atoms with Crippen molar-refractivity contribution in [1.29, 1.82) is 0 Å². The predicted octanol–water partition coefficient (Wildman–Crippen LogP) is 3.71. The molecule has 0 saturated carbocycles. The maximum absolute atomic E-state index is 11.5. The van der Waals surface area contributed by atoms with Crippen molar-refractivity contribution in [2.24, 2.45) is 5.92 Å². The number of hydrogen-bond donors (Lipinski definition) is 0. The maximum Gasteiger partial charge on any atom is 0.333 e. The number of hydrogen-bond acceptors (Lipinski definition) is 2. The first kappa shape index (κ1) is 14.2. The third-order valence-electron chi connectivity index (χ3n) is 2.81. The molecule has 2 atom stereocenters. The monoisotopic (exact) mass is 212 g/mol. The Labute approximate surface area is 93.7 Å². The van der Waals surface area contributed by atoms with E-state index in [4.69, 9.17) is 4.74 Å². The van der Waals surface area contributed by atoms with Gasteiger partial charge < -0.3 is 4.74 Å². The van der Waals surface area contributed by atoms with Crippen LogP contribution in [0.4, 0.5) is 0 Å². The molecule has 0 aromatic heterocycles. The Balaban J connectivity index is 4.09. The Morgan fingerprint density at radius 3 is 2.27 bits per heavy atom. The number of esters is 1. The Kier molecular flexibility index (Phi) is 7.10. The fraction of sp³-hybridized carbons (Fsp3) is 0.769. The van der Waals surface area contributed by atoms with Crippen LogP contribution in [0.25, 0.3) is 0 Å². The van der Waals surface area contributed by atoms with Crippen LogP contribution in [-0.4, -0.2) is 12.1 Å². The Morgan fingerprint density at radius 2 is 1.87 bits per heavy atom. The molecule has 0 amide bonds. The van der Waals surface area contributed by atoms with Crippen LogP contribution in [0.3, 0.4) is 0 Å². The van der Waals surface area contributed by atoms with E-state index in [-0.39, 0.29) is 12.1 Å². The first-order valence-electron chi connectivity index (χ1n) is 5.93. The minimum atomic E-state index is -0.229. The van der Waals surface area contributed by atoms with Gasteiger partial charge in [-0.2, -0.15) is 0 Å². The largest absolute Gasteiger partial charge is 0.459 e. The van der Waals surface area contributed by atoms with E-state index in [1.807, 2.05) is 6.92 Å². The molecule has 0 heterocycles. The van der Waals surface area contributed by atoms with Gasteiger partial charge in [0.1, 0.15) is 6.10 Å². The smallest absolute Gasteiger partial charge is 0.333 e. The molecule has 0 rings (SSSR count). The van der Waals surface area contributed by atoms with Crippen LogP contribution in [0, 0.1) is 5.92 Å². The fourth-order valence-corrected chi connectivity index (χ4v) is 1.29. The van der Waals surface area contributed by atoms with Crippen molar-refractivity contribution >= 4 is 5.97 Å². The summed E-state index contributed by atoms with van der Waals surface area (Å²) < 4.78 is 5.39. The molecule has 0 aromatic rings. The summed E-state index contributed by atoms with van der Waals surface area (Å²) in [5.41, 5.74) is 0.567. The maximum atomic E-state index is 11.5. The van der Waals surface area contributed by atoms with Gasteiger partial charge in [-0.15, -0.1) is 0 Å². The van der Waals surface area contributed by atoms with E-state index in [1.54, 1.807) is 0 Å². The molecule has 0 radical (unpaired) electrons. The molecular formula is C13H24O2. The highest BCUT2D eigenvalue weighted by atomic mass is 16.5. The van der Waals surface area contributed by atoms with Crippen LogP contribution in [0.15, 0.2) is 12.2 Å². The van der Waals surface area contributed by atoms with E-state index in [0.29, 0.717) is 17.9 Å². The zero-order valence-corrected chi connectivity index (χ0v) is 10.5. The molecule has 15 heavy (non-hydrogen) atoms. The van der Waals surface area contributed by atoms with Gasteiger partial charge in [0.05, 0.1) is 0 Å². The van der Waals surface area contributed by atoms with E-state index >= 15 is 0 Å². The highest BCUT2D eigenvalue weighted by Gasteiger charge is 2.16. The lowest BCUT2D eigenvalue weighted by Gasteiger charge is -2.19. The summed E-state index contributed by atoms with van der Waals surface area (Å²) in [6.45, 7) is 12.0. The van der Waals surface area contributed by atoms with E-state index < -0.39 is 0 Å². The van der Waals surface area contributed by atoms with Crippen LogP contribution in [0.5, 0.6) is 0 Å². The molecule has 88 valence electrons. The van der Waals surface area contributed by atoms with E-state index in [0.717, 1.165) is 19.3 Å². The topological polar surface area (TPSA) is 26.3 Å². The van der Waals surface area contributed by atoms with Gasteiger partial charge in [0.2, 0.25) is 0 Å². The van der Waals surface area contributed by atoms with Crippen LogP contribution in [0.2, 0.25) is 0 Å². The Morgan fingerprint density at radius 1 is 1.27 bits per heavy atom. The molecule has 0 N–H and O–H groups in total. The summed E-state index contributed by atoms with van der Waals surface area (Å²) in [5, 5.41) is 0. The highest BCUT2D eigenvalue weighted by molar-refractivity contribution is 5.87. The predicted molar refractivity (Wildman–Crippen MR) is 63.7 cm³/mol. The van der Waals surface area contributed by atoms with Gasteiger partial charge in [-0.3, -0.25) is 0 Å². The number of carbonyl (C=O) groups excluding carboxylic acids is 1. The Bertz CT molecular complexity index is 209. The lowest BCUT2D eigenvalue weighted by Crippen LogP contribution is -2.20. The van der Waals surface area contributed by atoms with Crippen molar-refractivity contribution in [3.8, 4) is 0 Å². The second-order valence-corrected chi connectivity index (χ2v) is 4.14. The average molecular weight is 212 g/mol. The van der Waals surface area contributed by atoms with Crippen molar-refractivity contribution in [3.63, 3.8) is 0 Å². The number of rotatable bonds is 7. The van der Waals surface area contributed by atoms with Crippen molar-refractivity contribution in [3.05, 3.63) is 12.2 Å². The van der Waals surface area contributed by atoms with Crippen molar-refractivity contribution in [2.45, 2.75) is 59.5 Å². The van der Waals surface area contributed by atoms with E-state index in [9.17, 15) is 4.79 Å². The second kappa shape index (κ2) is 7.49. The highest BCUT2D eigenvalue weighted by Crippen LogP contribution is 2.16. The molecule has 0 spiro atoms. The standard InChI is InChI=1S/C13H24O2/c1-6-10(4)9-12(8-3)15-13(14)11(5)7-2/h10,12H,5-9H2,1-4H3. The van der Waals surface area contributed by atoms with E-state index in [2.05, 4.69) is 27.4 Å². The molecule has 0 saturated heterocycles. The molecule has 0 bridgehead atoms. The number of ether oxygens (including phenoxy) is 1. The first-order chi connectivity index (χ1) is 7.04. The molecule has 0 aliphatic heterocycles. The molecule has 0 fully saturated rings. The summed E-state index contributed by atoms with van der Waals surface area (Å²) in [7, 11) is 0. The zero-order valence-electron chi connectivity index (χ0n) is 10.5. The molecule has 2 unspecified atom stereocenters. The molecule has 0 aliphatic rings. The van der Waals surface area contributed by atoms with Crippen LogP contribution in [-0.2, 0) is 9.53 Å². The van der Waals surface area contributed by atoms with Gasteiger partial charge in [-0.25, -0.2) is 4.79 Å². The van der Waals surface area contributed by atoms with E-state index in [1.165, 1.54) is 0 Å². The lowest BCUT2D eigenvalue weighted by atomic mass is 9.99. The minimum absolute atomic E-state index is 0.0516. The summed E-state index contributed by atoms with van der Waals surface area (Å²) in [4.78, 5) is 11.5. The van der Waals surface area contributed by atoms with Crippen molar-refractivity contribution in [1.82, 2.24) is 0 Å². The summed E-state index contributed by atoms with van der Waals surface area (Å²) in [6, 6.07) is 0. The average Bonchev–Trinajstić information content (AvgIpc) is 2.26. The SMILES string of the molecule is C=C(CC)C(=O)OC(CC)CC(C)CC. The second-order valence-electron chi connectivity index (χ2n) is 4.14. The van der Waals surface area contributed by atoms with Crippen LogP contribution >= 0.6 is 0 Å². The van der Waals surface area contributed by atoms with Crippen LogP contribution in [0.1, 0.15) is 53.4 Å². The van der Waals surface area contributed by atoms with Gasteiger partial charge in [-0.05, 0) is 25.2 Å². The molecular weight excluding hydrogens is 188 g/mol. The zero-order chi connectivity index (χ0) is 11.8. The van der Waals surface area contributed by atoms with Crippen molar-refractivity contribution < 1.29 is 9.53 Å². The third-order valence-corrected chi connectivity index (χ3v) is 2.81. The normalized spacial score (nSPS) is 14.4. The lowest BCUT2D eigenvalue weighted by molar-refractivity contribution is -0.145. The van der Waals surface area contributed by atoms with Gasteiger partial charge in [0.15, 0.2) is 0 Å². The summed E-state index contributed by atoms with van der Waals surface area (Å²) in [5.74, 6) is 0.380. The Hall–Kier alpha value is -0.790. The third kappa shape index (κ3) is 5.60. The van der Waals surface area contributed by atoms with Gasteiger partial charge in [0, 0.05) is 5.57 Å². The number of carbonyl (C=O) groups is 1. The molecule has 0 aliphatic carbocycles. The van der Waals surface area contributed by atoms with Gasteiger partial charge in [0.25, 0.3) is 0 Å². The van der Waals surface area contributed by atoms with Gasteiger partial charge in [-0.1, -0.05) is 40.7 Å². The summed E-state index contributed by atoms with van der Waals surface area (Å²) in [6.07, 6.45) is 3.68. The first-order valence-corrected chi connectivity index (χ1v) is 5.93. The van der Waals surface area contributed by atoms with Crippen molar-refractivity contribution in [2.75, 3.05) is 0 Å². The summed E-state index contributed by atoms with van der Waals surface area (Å²) >= 11 is 0. The fourth-order valence-electron chi connectivity index (χ4n) is 1.29. The molecule has 0 aromatic carbocycles. The molecule has 2 heteroatoms. The van der Waals surface area contributed by atoms with Crippen LogP contribution < -0.4 is 0 Å². The van der Waals surface area contributed by atoms with Gasteiger partial charge >= 0.3 is 5.97 Å². The molecule has 2 nitrogen and oxygen atoms in total. The quantitative estimate of drug-likeness (QED) is 0.475. The minimum Gasteiger partial charge on any atom is -0.459 e.